The summed E-state index contributed by atoms with van der Waals surface area (Å²) < 4.78 is 51.5. The van der Waals surface area contributed by atoms with Gasteiger partial charge >= 0.3 is 6.18 Å². The molecule has 2 aromatic heterocycles. The minimum Gasteiger partial charge on any atom is -0.473 e. The van der Waals surface area contributed by atoms with Gasteiger partial charge in [0, 0.05) is 74.0 Å². The molecule has 11 heteroatoms. The third kappa shape index (κ3) is 8.53. The number of nitrogens with one attached hydrogen (secondary N) is 1. The summed E-state index contributed by atoms with van der Waals surface area (Å²) in [5, 5.41) is 2.69. The van der Waals surface area contributed by atoms with E-state index in [1.54, 1.807) is 12.3 Å². The number of amides is 1. The van der Waals surface area contributed by atoms with Gasteiger partial charge < -0.3 is 19.7 Å². The van der Waals surface area contributed by atoms with E-state index < -0.39 is 17.6 Å². The fraction of sp³-hybridized carbons (Fsp3) is 0.441. The average Bonchev–Trinajstić information content (AvgIpc) is 3.05. The van der Waals surface area contributed by atoms with Gasteiger partial charge in [0.1, 0.15) is 11.8 Å². The number of terminal acetylenes is 1. The Morgan fingerprint density at radius 1 is 1.09 bits per heavy atom. The molecule has 8 nitrogen and oxygen atoms in total. The number of alkyl halides is 3. The van der Waals surface area contributed by atoms with Crippen LogP contribution in [0.15, 0.2) is 48.8 Å². The molecule has 2 aliphatic heterocycles. The molecular formula is C34H38F3N5O3. The highest BCUT2D eigenvalue weighted by Crippen LogP contribution is 2.35. The van der Waals surface area contributed by atoms with E-state index >= 15 is 0 Å². The largest absolute Gasteiger partial charge is 0.473 e. The van der Waals surface area contributed by atoms with Gasteiger partial charge in [-0.05, 0) is 56.6 Å². The lowest BCUT2D eigenvalue weighted by atomic mass is 10.0. The first-order valence-corrected chi connectivity index (χ1v) is 15.3. The number of piperazine rings is 1. The van der Waals surface area contributed by atoms with Crippen molar-refractivity contribution < 1.29 is 27.4 Å². The number of halogens is 3. The third-order valence-corrected chi connectivity index (χ3v) is 8.15. The van der Waals surface area contributed by atoms with Gasteiger partial charge in [0.25, 0.3) is 5.91 Å². The van der Waals surface area contributed by atoms with Crippen LogP contribution in [0.25, 0.3) is 11.1 Å². The van der Waals surface area contributed by atoms with Crippen molar-refractivity contribution in [3.05, 3.63) is 65.6 Å². The molecule has 5 rings (SSSR count). The molecule has 3 aromatic rings. The molecule has 0 radical (unpaired) electrons. The lowest BCUT2D eigenvalue weighted by molar-refractivity contribution is -0.137. The molecule has 1 N–H and O–H groups in total. The van der Waals surface area contributed by atoms with Crippen LogP contribution in [-0.4, -0.2) is 72.8 Å². The standard InChI is InChI=1S/C34H38F3N5O3/c1-3-4-5-6-12-41-13-15-42(16-14-41)31-20-26(22-39-33(31)45-29-10-17-44-18-11-29)30-21-28(23-38-24(30)2)40-32(43)25-8-7-9-27(19-25)34(35,36)37/h1,7-9,19-23,29H,4-6,10-18H2,2H3,(H,40,43). The van der Waals surface area contributed by atoms with Crippen LogP contribution in [0.1, 0.15) is 53.7 Å². The van der Waals surface area contributed by atoms with E-state index in [9.17, 15) is 18.0 Å². The highest BCUT2D eigenvalue weighted by atomic mass is 19.4. The van der Waals surface area contributed by atoms with E-state index in [2.05, 4.69) is 26.0 Å². The van der Waals surface area contributed by atoms with Crippen LogP contribution in [0, 0.1) is 19.3 Å². The predicted molar refractivity (Wildman–Crippen MR) is 167 cm³/mol. The SMILES string of the molecule is C#CCCCCN1CCN(c2cc(-c3cc(NC(=O)c4cccc(C(F)(F)F)c4)cnc3C)cnc2OC2CCOCC2)CC1. The van der Waals surface area contributed by atoms with Crippen molar-refractivity contribution in [2.24, 2.45) is 0 Å². The van der Waals surface area contributed by atoms with Crippen LogP contribution in [0.4, 0.5) is 24.5 Å². The first-order chi connectivity index (χ1) is 21.7. The molecule has 2 aliphatic rings. The minimum absolute atomic E-state index is 0.0195. The van der Waals surface area contributed by atoms with Gasteiger partial charge in [0.2, 0.25) is 5.88 Å². The van der Waals surface area contributed by atoms with Crippen LogP contribution in [0.3, 0.4) is 0 Å². The second kappa shape index (κ2) is 14.8. The van der Waals surface area contributed by atoms with Gasteiger partial charge in [-0.3, -0.25) is 14.7 Å². The number of anilines is 2. The number of unbranched alkanes of at least 4 members (excludes halogenated alkanes) is 2. The van der Waals surface area contributed by atoms with Gasteiger partial charge in [0.05, 0.1) is 30.7 Å². The fourth-order valence-electron chi connectivity index (χ4n) is 5.57. The Morgan fingerprint density at radius 2 is 1.87 bits per heavy atom. The molecule has 2 saturated heterocycles. The Balaban J connectivity index is 1.37. The summed E-state index contributed by atoms with van der Waals surface area (Å²) in [4.78, 5) is 26.9. The molecule has 1 aromatic carbocycles. The molecule has 238 valence electrons. The molecule has 0 bridgehead atoms. The number of aryl methyl sites for hydroxylation is 1. The quantitative estimate of drug-likeness (QED) is 0.213. The maximum atomic E-state index is 13.2. The smallest absolute Gasteiger partial charge is 0.416 e. The minimum atomic E-state index is -4.55. The molecule has 0 atom stereocenters. The Labute approximate surface area is 261 Å². The van der Waals surface area contributed by atoms with Gasteiger partial charge in [0.15, 0.2) is 0 Å². The molecule has 45 heavy (non-hydrogen) atoms. The Morgan fingerprint density at radius 3 is 2.60 bits per heavy atom. The summed E-state index contributed by atoms with van der Waals surface area (Å²) in [7, 11) is 0. The molecule has 1 amide bonds. The zero-order valence-corrected chi connectivity index (χ0v) is 25.4. The van der Waals surface area contributed by atoms with E-state index in [0.29, 0.717) is 24.8 Å². The molecular weight excluding hydrogens is 583 g/mol. The van der Waals surface area contributed by atoms with E-state index in [-0.39, 0.29) is 11.7 Å². The fourth-order valence-corrected chi connectivity index (χ4v) is 5.57. The lowest BCUT2D eigenvalue weighted by Gasteiger charge is -2.37. The van der Waals surface area contributed by atoms with E-state index in [1.807, 2.05) is 13.0 Å². The molecule has 0 unspecified atom stereocenters. The van der Waals surface area contributed by atoms with Gasteiger partial charge in [-0.2, -0.15) is 13.2 Å². The summed E-state index contributed by atoms with van der Waals surface area (Å²) >= 11 is 0. The number of nitrogens with zero attached hydrogens (tertiary/aromatic N) is 4. The first kappa shape index (κ1) is 32.3. The lowest BCUT2D eigenvalue weighted by Crippen LogP contribution is -2.46. The van der Waals surface area contributed by atoms with Crippen LogP contribution in [0.2, 0.25) is 0 Å². The number of pyridine rings is 2. The van der Waals surface area contributed by atoms with Gasteiger partial charge in [-0.15, -0.1) is 12.3 Å². The molecule has 0 saturated carbocycles. The molecule has 0 spiro atoms. The number of benzene rings is 1. The number of ether oxygens (including phenoxy) is 2. The summed E-state index contributed by atoms with van der Waals surface area (Å²) in [6.07, 6.45) is 8.59. The number of carbonyl (C=O) groups is 1. The molecule has 0 aliphatic carbocycles. The van der Waals surface area contributed by atoms with Gasteiger partial charge in [-0.25, -0.2) is 4.98 Å². The van der Waals surface area contributed by atoms with Gasteiger partial charge in [-0.1, -0.05) is 6.07 Å². The molecule has 4 heterocycles. The maximum Gasteiger partial charge on any atom is 0.416 e. The number of aromatic nitrogens is 2. The van der Waals surface area contributed by atoms with Crippen molar-refractivity contribution in [2.75, 3.05) is 56.2 Å². The number of rotatable bonds is 10. The van der Waals surface area contributed by atoms with Crippen LogP contribution < -0.4 is 15.0 Å². The number of hydrogen-bond acceptors (Lipinski definition) is 7. The normalized spacial score (nSPS) is 16.3. The predicted octanol–water partition coefficient (Wildman–Crippen LogP) is 6.21. The zero-order valence-electron chi connectivity index (χ0n) is 25.4. The summed E-state index contributed by atoms with van der Waals surface area (Å²) in [6.45, 7) is 7.63. The second-order valence-electron chi connectivity index (χ2n) is 11.4. The highest BCUT2D eigenvalue weighted by Gasteiger charge is 2.31. The van der Waals surface area contributed by atoms with E-state index in [4.69, 9.17) is 20.9 Å². The summed E-state index contributed by atoms with van der Waals surface area (Å²) in [5.41, 5.74) is 2.53. The Bertz CT molecular complexity index is 1510. The summed E-state index contributed by atoms with van der Waals surface area (Å²) in [5.74, 6) is 2.62. The van der Waals surface area contributed by atoms with Crippen LogP contribution in [0.5, 0.6) is 5.88 Å². The van der Waals surface area contributed by atoms with E-state index in [0.717, 1.165) is 99.5 Å². The van der Waals surface area contributed by atoms with Crippen LogP contribution >= 0.6 is 0 Å². The van der Waals surface area contributed by atoms with Crippen molar-refractivity contribution >= 4 is 17.3 Å². The maximum absolute atomic E-state index is 13.2. The third-order valence-electron chi connectivity index (χ3n) is 8.15. The van der Waals surface area contributed by atoms with Crippen LogP contribution in [-0.2, 0) is 10.9 Å². The monoisotopic (exact) mass is 621 g/mol. The van der Waals surface area contributed by atoms with Crippen molar-refractivity contribution in [1.82, 2.24) is 14.9 Å². The topological polar surface area (TPSA) is 79.8 Å². The number of carbonyl (C=O) groups excluding carboxylic acids is 1. The highest BCUT2D eigenvalue weighted by molar-refractivity contribution is 6.04. The second-order valence-corrected chi connectivity index (χ2v) is 11.4. The van der Waals surface area contributed by atoms with Crippen molar-refractivity contribution in [3.8, 4) is 29.4 Å². The average molecular weight is 622 g/mol. The zero-order chi connectivity index (χ0) is 31.8. The Hall–Kier alpha value is -4.14. The van der Waals surface area contributed by atoms with E-state index in [1.165, 1.54) is 18.3 Å². The van der Waals surface area contributed by atoms with Crippen molar-refractivity contribution in [1.29, 1.82) is 0 Å². The van der Waals surface area contributed by atoms with Crippen molar-refractivity contribution in [3.63, 3.8) is 0 Å². The van der Waals surface area contributed by atoms with Crippen molar-refractivity contribution in [2.45, 2.75) is 51.3 Å². The Kier molecular flexibility index (Phi) is 10.6. The molecule has 2 fully saturated rings. The number of hydrogen-bond donors (Lipinski definition) is 1. The first-order valence-electron chi connectivity index (χ1n) is 15.3. The summed E-state index contributed by atoms with van der Waals surface area (Å²) in [6, 6.07) is 8.14.